The molecule has 1 atom stereocenters. The lowest BCUT2D eigenvalue weighted by atomic mass is 9.99. The molecule has 0 saturated carbocycles. The van der Waals surface area contributed by atoms with Gasteiger partial charge in [0, 0.05) is 6.61 Å². The van der Waals surface area contributed by atoms with Crippen molar-refractivity contribution < 1.29 is 19.3 Å². The van der Waals surface area contributed by atoms with Gasteiger partial charge in [0.15, 0.2) is 0 Å². The minimum Gasteiger partial charge on any atom is -0.394 e. The highest BCUT2D eigenvalue weighted by Crippen LogP contribution is 2.13. The molecule has 0 aliphatic heterocycles. The topological polar surface area (TPSA) is 47.9 Å². The zero-order valence-corrected chi connectivity index (χ0v) is 12.7. The van der Waals surface area contributed by atoms with Crippen molar-refractivity contribution in [2.24, 2.45) is 5.92 Å². The molecule has 0 bridgehead atoms. The number of aliphatic hydroxyl groups excluding tert-OH is 1. The average molecular weight is 276 g/mol. The summed E-state index contributed by atoms with van der Waals surface area (Å²) < 4.78 is 15.9. The van der Waals surface area contributed by atoms with E-state index in [1.807, 2.05) is 0 Å². The van der Waals surface area contributed by atoms with Crippen LogP contribution in [0.3, 0.4) is 0 Å². The normalized spacial score (nSPS) is 12.8. The molecule has 0 saturated heterocycles. The number of ether oxygens (including phenoxy) is 3. The molecular formula is C15H32O4. The molecule has 0 fully saturated rings. The highest BCUT2D eigenvalue weighted by atomic mass is 16.5. The number of unbranched alkanes of at least 4 members (excludes halogenated alkanes) is 1. The maximum Gasteiger partial charge on any atom is 0.0701 e. The maximum absolute atomic E-state index is 8.49. The molecule has 0 aromatic heterocycles. The van der Waals surface area contributed by atoms with E-state index in [-0.39, 0.29) is 6.61 Å². The van der Waals surface area contributed by atoms with Gasteiger partial charge in [0.05, 0.1) is 39.6 Å². The largest absolute Gasteiger partial charge is 0.394 e. The minimum atomic E-state index is 0.0692. The fraction of sp³-hybridized carbons (Fsp3) is 1.00. The third-order valence-electron chi connectivity index (χ3n) is 3.02. The lowest BCUT2D eigenvalue weighted by Crippen LogP contribution is -2.11. The Kier molecular flexibility index (Phi) is 15.8. The number of aliphatic hydroxyl groups is 1. The molecule has 4 nitrogen and oxygen atoms in total. The smallest absolute Gasteiger partial charge is 0.0701 e. The third kappa shape index (κ3) is 15.8. The van der Waals surface area contributed by atoms with Gasteiger partial charge in [-0.1, -0.05) is 33.1 Å². The Bertz CT molecular complexity index is 164. The first-order valence-corrected chi connectivity index (χ1v) is 7.65. The highest BCUT2D eigenvalue weighted by molar-refractivity contribution is 4.53. The van der Waals surface area contributed by atoms with E-state index in [1.165, 1.54) is 25.7 Å². The molecule has 1 unspecified atom stereocenters. The summed E-state index contributed by atoms with van der Waals surface area (Å²) in [6.07, 6.45) is 6.38. The van der Waals surface area contributed by atoms with Crippen molar-refractivity contribution in [3.63, 3.8) is 0 Å². The third-order valence-corrected chi connectivity index (χ3v) is 3.02. The molecule has 0 aliphatic rings. The van der Waals surface area contributed by atoms with Crippen LogP contribution in [0.25, 0.3) is 0 Å². The maximum atomic E-state index is 8.49. The van der Waals surface area contributed by atoms with Gasteiger partial charge < -0.3 is 19.3 Å². The number of hydrogen-bond donors (Lipinski definition) is 1. The number of hydrogen-bond acceptors (Lipinski definition) is 4. The predicted octanol–water partition coefficient (Wildman–Crippen LogP) is 2.64. The van der Waals surface area contributed by atoms with E-state index in [4.69, 9.17) is 19.3 Å². The van der Waals surface area contributed by atoms with Crippen LogP contribution in [0.4, 0.5) is 0 Å². The summed E-state index contributed by atoms with van der Waals surface area (Å²) in [6.45, 7) is 8.23. The van der Waals surface area contributed by atoms with Crippen molar-refractivity contribution in [3.8, 4) is 0 Å². The van der Waals surface area contributed by atoms with Crippen molar-refractivity contribution in [2.45, 2.75) is 46.0 Å². The first-order valence-electron chi connectivity index (χ1n) is 7.65. The fourth-order valence-electron chi connectivity index (χ4n) is 1.84. The van der Waals surface area contributed by atoms with Crippen molar-refractivity contribution >= 4 is 0 Å². The predicted molar refractivity (Wildman–Crippen MR) is 77.5 cm³/mol. The van der Waals surface area contributed by atoms with Crippen LogP contribution in [0.1, 0.15) is 46.0 Å². The van der Waals surface area contributed by atoms with Crippen LogP contribution in [0.2, 0.25) is 0 Å². The molecule has 1 N–H and O–H groups in total. The van der Waals surface area contributed by atoms with Crippen molar-refractivity contribution in [1.82, 2.24) is 0 Å². The minimum absolute atomic E-state index is 0.0692. The van der Waals surface area contributed by atoms with Gasteiger partial charge in [-0.15, -0.1) is 0 Å². The molecule has 0 aromatic carbocycles. The molecule has 19 heavy (non-hydrogen) atoms. The van der Waals surface area contributed by atoms with Crippen LogP contribution >= 0.6 is 0 Å². The van der Waals surface area contributed by atoms with Crippen LogP contribution in [0.15, 0.2) is 0 Å². The van der Waals surface area contributed by atoms with Crippen LogP contribution in [0.5, 0.6) is 0 Å². The van der Waals surface area contributed by atoms with Gasteiger partial charge in [-0.05, 0) is 18.8 Å². The van der Waals surface area contributed by atoms with Gasteiger partial charge in [-0.25, -0.2) is 0 Å². The van der Waals surface area contributed by atoms with E-state index in [0.29, 0.717) is 33.0 Å². The second kappa shape index (κ2) is 15.9. The Labute approximate surface area is 118 Å². The molecule has 0 radical (unpaired) electrons. The Morgan fingerprint density at radius 3 is 1.89 bits per heavy atom. The molecule has 0 amide bonds. The Hall–Kier alpha value is -0.160. The second-order valence-electron chi connectivity index (χ2n) is 4.95. The van der Waals surface area contributed by atoms with Crippen LogP contribution < -0.4 is 0 Å². The summed E-state index contributed by atoms with van der Waals surface area (Å²) in [5.74, 6) is 0.823. The SMILES string of the molecule is CCCCC(C)CCCOCCOCCOCCO. The fourth-order valence-corrected chi connectivity index (χ4v) is 1.84. The Morgan fingerprint density at radius 2 is 1.32 bits per heavy atom. The Morgan fingerprint density at radius 1 is 0.789 bits per heavy atom. The molecule has 0 aliphatic carbocycles. The molecule has 0 spiro atoms. The highest BCUT2D eigenvalue weighted by Gasteiger charge is 2.00. The standard InChI is InChI=1S/C15H32O4/c1-3-4-6-15(2)7-5-9-17-11-13-19-14-12-18-10-8-16/h15-16H,3-14H2,1-2H3. The number of rotatable bonds is 15. The van der Waals surface area contributed by atoms with E-state index in [9.17, 15) is 0 Å². The van der Waals surface area contributed by atoms with Crippen molar-refractivity contribution in [2.75, 3.05) is 46.2 Å². The first kappa shape index (κ1) is 18.8. The Balaban J connectivity index is 3.02. The van der Waals surface area contributed by atoms with Gasteiger partial charge in [-0.2, -0.15) is 0 Å². The summed E-state index contributed by atoms with van der Waals surface area (Å²) in [5.41, 5.74) is 0. The van der Waals surface area contributed by atoms with Crippen molar-refractivity contribution in [1.29, 1.82) is 0 Å². The molecule has 4 heteroatoms. The van der Waals surface area contributed by atoms with E-state index in [0.717, 1.165) is 18.9 Å². The summed E-state index contributed by atoms with van der Waals surface area (Å²) in [7, 11) is 0. The second-order valence-corrected chi connectivity index (χ2v) is 4.95. The van der Waals surface area contributed by atoms with Gasteiger partial charge in [0.2, 0.25) is 0 Å². The summed E-state index contributed by atoms with van der Waals surface area (Å²) >= 11 is 0. The van der Waals surface area contributed by atoms with Crippen molar-refractivity contribution in [3.05, 3.63) is 0 Å². The van der Waals surface area contributed by atoms with Crippen LogP contribution in [-0.2, 0) is 14.2 Å². The zero-order chi connectivity index (χ0) is 14.2. The summed E-state index contributed by atoms with van der Waals surface area (Å²) in [5, 5.41) is 8.49. The van der Waals surface area contributed by atoms with Gasteiger partial charge >= 0.3 is 0 Å². The quantitative estimate of drug-likeness (QED) is 0.467. The molecule has 0 heterocycles. The van der Waals surface area contributed by atoms with Gasteiger partial charge in [0.25, 0.3) is 0 Å². The summed E-state index contributed by atoms with van der Waals surface area (Å²) in [4.78, 5) is 0. The molecule has 0 rings (SSSR count). The van der Waals surface area contributed by atoms with E-state index in [2.05, 4.69) is 13.8 Å². The van der Waals surface area contributed by atoms with Gasteiger partial charge in [-0.3, -0.25) is 0 Å². The van der Waals surface area contributed by atoms with Crippen LogP contribution in [0, 0.1) is 5.92 Å². The molecule has 0 aromatic rings. The molecule has 116 valence electrons. The average Bonchev–Trinajstić information content (AvgIpc) is 2.42. The molecular weight excluding hydrogens is 244 g/mol. The van der Waals surface area contributed by atoms with E-state index >= 15 is 0 Å². The van der Waals surface area contributed by atoms with Gasteiger partial charge in [0.1, 0.15) is 0 Å². The van der Waals surface area contributed by atoms with Crippen LogP contribution in [-0.4, -0.2) is 51.4 Å². The summed E-state index contributed by atoms with van der Waals surface area (Å²) in [6, 6.07) is 0. The zero-order valence-electron chi connectivity index (χ0n) is 12.7. The lowest BCUT2D eigenvalue weighted by molar-refractivity contribution is 0.00690. The first-order chi connectivity index (χ1) is 9.31. The van der Waals surface area contributed by atoms with E-state index in [1.54, 1.807) is 0 Å². The monoisotopic (exact) mass is 276 g/mol. The lowest BCUT2D eigenvalue weighted by Gasteiger charge is -2.10. The van der Waals surface area contributed by atoms with E-state index < -0.39 is 0 Å².